The molecule has 1 aliphatic rings. The van der Waals surface area contributed by atoms with Crippen LogP contribution in [0.25, 0.3) is 6.08 Å². The van der Waals surface area contributed by atoms with Crippen LogP contribution in [0.4, 0.5) is 5.69 Å². The zero-order valence-electron chi connectivity index (χ0n) is 17.7. The first kappa shape index (κ1) is 23.5. The van der Waals surface area contributed by atoms with Gasteiger partial charge in [0.15, 0.2) is 17.2 Å². The highest BCUT2D eigenvalue weighted by atomic mass is 79.9. The number of hydrogen-bond acceptors (Lipinski definition) is 7. The summed E-state index contributed by atoms with van der Waals surface area (Å²) < 4.78 is 17.3. The molecule has 8 nitrogen and oxygen atoms in total. The molecule has 4 rings (SSSR count). The third-order valence-electron chi connectivity index (χ3n) is 4.80. The molecule has 172 valence electrons. The van der Waals surface area contributed by atoms with Gasteiger partial charge in [0.2, 0.25) is 5.90 Å². The third-order valence-corrected chi connectivity index (χ3v) is 5.70. The number of esters is 1. The number of aliphatic imine (C=N–C) groups is 1. The number of carbonyl (C=O) groups is 1. The van der Waals surface area contributed by atoms with Crippen molar-refractivity contribution < 1.29 is 23.9 Å². The molecule has 0 aliphatic carbocycles. The molecule has 0 aromatic heterocycles. The number of non-ortho nitro benzene ring substituents is 1. The van der Waals surface area contributed by atoms with Crippen LogP contribution in [-0.4, -0.2) is 23.9 Å². The van der Waals surface area contributed by atoms with Gasteiger partial charge in [0.25, 0.3) is 5.69 Å². The molecule has 0 fully saturated rings. The Labute approximate surface area is 207 Å². The van der Waals surface area contributed by atoms with Gasteiger partial charge in [0, 0.05) is 12.1 Å². The lowest BCUT2D eigenvalue weighted by atomic mass is 10.1. The van der Waals surface area contributed by atoms with E-state index in [1.807, 2.05) is 30.3 Å². The molecule has 0 saturated heterocycles. The molecule has 0 spiro atoms. The van der Waals surface area contributed by atoms with Crippen molar-refractivity contribution in [3.63, 3.8) is 0 Å². The molecule has 0 atom stereocenters. The molecule has 0 radical (unpaired) electrons. The van der Waals surface area contributed by atoms with E-state index >= 15 is 0 Å². The van der Waals surface area contributed by atoms with Crippen molar-refractivity contribution in [1.82, 2.24) is 0 Å². The summed E-state index contributed by atoms with van der Waals surface area (Å²) >= 11 is 9.62. The van der Waals surface area contributed by atoms with E-state index in [4.69, 9.17) is 25.8 Å². The summed E-state index contributed by atoms with van der Waals surface area (Å²) in [6, 6.07) is 17.0. The highest BCUT2D eigenvalue weighted by molar-refractivity contribution is 9.10. The number of nitrogens with zero attached hydrogens (tertiary/aromatic N) is 2. The van der Waals surface area contributed by atoms with Gasteiger partial charge in [-0.05, 0) is 51.3 Å². The second kappa shape index (κ2) is 10.1. The average Bonchev–Trinajstić information content (AvgIpc) is 3.18. The number of halogens is 2. The molecule has 1 heterocycles. The normalized spacial score (nSPS) is 14.0. The Morgan fingerprint density at radius 3 is 2.62 bits per heavy atom. The van der Waals surface area contributed by atoms with Crippen LogP contribution >= 0.6 is 27.5 Å². The maximum Gasteiger partial charge on any atom is 0.363 e. The second-order valence-electron chi connectivity index (χ2n) is 7.07. The van der Waals surface area contributed by atoms with Crippen molar-refractivity contribution in [3.05, 3.63) is 103 Å². The van der Waals surface area contributed by atoms with Gasteiger partial charge in [-0.15, -0.1) is 0 Å². The third kappa shape index (κ3) is 5.11. The fraction of sp³-hybridized carbons (Fsp3) is 0.0833. The van der Waals surface area contributed by atoms with Gasteiger partial charge in [-0.3, -0.25) is 10.1 Å². The molecule has 10 heteroatoms. The van der Waals surface area contributed by atoms with Crippen LogP contribution in [0.5, 0.6) is 11.5 Å². The van der Waals surface area contributed by atoms with Gasteiger partial charge in [0.05, 0.1) is 27.1 Å². The van der Waals surface area contributed by atoms with Crippen LogP contribution in [-0.2, 0) is 16.1 Å². The minimum absolute atomic E-state index is 0.0370. The smallest absolute Gasteiger partial charge is 0.363 e. The van der Waals surface area contributed by atoms with Gasteiger partial charge in [0.1, 0.15) is 6.61 Å². The second-order valence-corrected chi connectivity index (χ2v) is 8.33. The molecule has 3 aromatic carbocycles. The molecule has 34 heavy (non-hydrogen) atoms. The van der Waals surface area contributed by atoms with Crippen LogP contribution in [0.2, 0.25) is 5.02 Å². The quantitative estimate of drug-likeness (QED) is 0.158. The molecule has 0 unspecified atom stereocenters. The summed E-state index contributed by atoms with van der Waals surface area (Å²) in [5.74, 6) is 0.268. The first-order valence-electron chi connectivity index (χ1n) is 9.87. The lowest BCUT2D eigenvalue weighted by molar-refractivity contribution is -0.384. The Bertz CT molecular complexity index is 1340. The van der Waals surface area contributed by atoms with E-state index in [2.05, 4.69) is 20.9 Å². The summed E-state index contributed by atoms with van der Waals surface area (Å²) in [6.45, 7) is 0.353. The highest BCUT2D eigenvalue weighted by Gasteiger charge is 2.27. The van der Waals surface area contributed by atoms with Gasteiger partial charge < -0.3 is 14.2 Å². The molecule has 0 amide bonds. The highest BCUT2D eigenvalue weighted by Crippen LogP contribution is 2.38. The summed E-state index contributed by atoms with van der Waals surface area (Å²) in [4.78, 5) is 27.0. The molecule has 1 aliphatic heterocycles. The van der Waals surface area contributed by atoms with E-state index in [-0.39, 0.29) is 27.9 Å². The number of rotatable bonds is 7. The minimum atomic E-state index is -0.677. The molecular formula is C24H16BrClN2O6. The first-order chi connectivity index (χ1) is 16.4. The molecular weight excluding hydrogens is 528 g/mol. The largest absolute Gasteiger partial charge is 0.493 e. The van der Waals surface area contributed by atoms with E-state index in [1.165, 1.54) is 31.4 Å². The van der Waals surface area contributed by atoms with E-state index in [1.54, 1.807) is 12.1 Å². The Balaban J connectivity index is 1.60. The summed E-state index contributed by atoms with van der Waals surface area (Å²) in [5.41, 5.74) is 1.75. The number of cyclic esters (lactones) is 1. The van der Waals surface area contributed by atoms with Crippen LogP contribution in [0.15, 0.2) is 75.8 Å². The van der Waals surface area contributed by atoms with Crippen molar-refractivity contribution in [2.45, 2.75) is 6.61 Å². The van der Waals surface area contributed by atoms with Gasteiger partial charge in [-0.25, -0.2) is 9.79 Å². The van der Waals surface area contributed by atoms with Crippen LogP contribution in [0, 0.1) is 10.1 Å². The fourth-order valence-corrected chi connectivity index (χ4v) is 4.00. The SMILES string of the molecule is COc1cc(/C=C2\N=C(c3ccc([N+](=O)[O-])cc3Cl)OC2=O)cc(Br)c1OCc1ccccc1. The first-order valence-corrected chi connectivity index (χ1v) is 11.0. The zero-order chi connectivity index (χ0) is 24.2. The number of methoxy groups -OCH3 is 1. The number of hydrogen-bond donors (Lipinski definition) is 0. The van der Waals surface area contributed by atoms with Crippen molar-refractivity contribution in [1.29, 1.82) is 0 Å². The predicted octanol–water partition coefficient (Wildman–Crippen LogP) is 5.94. The Morgan fingerprint density at radius 1 is 1.18 bits per heavy atom. The van der Waals surface area contributed by atoms with Crippen molar-refractivity contribution in [2.24, 2.45) is 4.99 Å². The van der Waals surface area contributed by atoms with E-state index in [0.717, 1.165) is 5.56 Å². The summed E-state index contributed by atoms with van der Waals surface area (Å²) in [6.07, 6.45) is 1.53. The minimum Gasteiger partial charge on any atom is -0.493 e. The number of benzene rings is 3. The van der Waals surface area contributed by atoms with E-state index < -0.39 is 10.9 Å². The molecule has 3 aromatic rings. The standard InChI is InChI=1S/C24H16BrClN2O6/c1-32-21-11-15(9-18(25)22(21)33-13-14-5-3-2-4-6-14)10-20-24(29)34-23(27-20)17-8-7-16(28(30)31)12-19(17)26/h2-12H,13H2,1H3/b20-10-. The topological polar surface area (TPSA) is 100 Å². The fourth-order valence-electron chi connectivity index (χ4n) is 3.17. The Kier molecular flexibility index (Phi) is 6.95. The zero-order valence-corrected chi connectivity index (χ0v) is 20.0. The maximum atomic E-state index is 12.4. The average molecular weight is 544 g/mol. The van der Waals surface area contributed by atoms with Crippen LogP contribution in [0.1, 0.15) is 16.7 Å². The lowest BCUT2D eigenvalue weighted by Crippen LogP contribution is -2.06. The monoisotopic (exact) mass is 542 g/mol. The van der Waals surface area contributed by atoms with Crippen molar-refractivity contribution >= 4 is 51.2 Å². The van der Waals surface area contributed by atoms with Gasteiger partial charge in [-0.2, -0.15) is 0 Å². The van der Waals surface area contributed by atoms with Gasteiger partial charge in [-0.1, -0.05) is 41.9 Å². The lowest BCUT2D eigenvalue weighted by Gasteiger charge is -2.13. The van der Waals surface area contributed by atoms with Crippen molar-refractivity contribution in [3.8, 4) is 11.5 Å². The van der Waals surface area contributed by atoms with E-state index in [0.29, 0.717) is 28.1 Å². The van der Waals surface area contributed by atoms with E-state index in [9.17, 15) is 14.9 Å². The summed E-state index contributed by atoms with van der Waals surface area (Å²) in [7, 11) is 1.52. The molecule has 0 saturated carbocycles. The predicted molar refractivity (Wildman–Crippen MR) is 130 cm³/mol. The Hall–Kier alpha value is -3.69. The maximum absolute atomic E-state index is 12.4. The number of nitro groups is 1. The van der Waals surface area contributed by atoms with Crippen LogP contribution in [0.3, 0.4) is 0 Å². The molecule has 0 N–H and O–H groups in total. The van der Waals surface area contributed by atoms with Gasteiger partial charge >= 0.3 is 5.97 Å². The summed E-state index contributed by atoms with van der Waals surface area (Å²) in [5, 5.41) is 11.0. The number of nitro benzene ring substituents is 1. The van der Waals surface area contributed by atoms with Crippen molar-refractivity contribution in [2.75, 3.05) is 7.11 Å². The molecule has 0 bridgehead atoms. The van der Waals surface area contributed by atoms with Crippen LogP contribution < -0.4 is 9.47 Å². The Morgan fingerprint density at radius 2 is 1.94 bits per heavy atom. The number of carbonyl (C=O) groups excluding carboxylic acids is 1. The number of ether oxygens (including phenoxy) is 3.